The molecule has 0 radical (unpaired) electrons. The third-order valence-electron chi connectivity index (χ3n) is 4.49. The molecule has 2 aliphatic heterocycles. The van der Waals surface area contributed by atoms with E-state index >= 15 is 0 Å². The Balaban J connectivity index is 1.73. The standard InChI is InChI=1S/C18H12Cl2N4S/c19-11-3-1-10(2-4-11)17-14-8-25-15-6-5-12(20)7-13(15)16(14)23-18-21-9-22-24(17)18/h1-7,9,17H,8H2,(H,21,22,23). The van der Waals surface area contributed by atoms with E-state index in [-0.39, 0.29) is 6.04 Å². The fourth-order valence-electron chi connectivity index (χ4n) is 3.36. The van der Waals surface area contributed by atoms with Crippen molar-refractivity contribution in [2.45, 2.75) is 10.9 Å². The smallest absolute Gasteiger partial charge is 0.226 e. The average molecular weight is 387 g/mol. The van der Waals surface area contributed by atoms with Gasteiger partial charge in [0.2, 0.25) is 5.95 Å². The first-order chi connectivity index (χ1) is 12.2. The van der Waals surface area contributed by atoms with Crippen LogP contribution in [0.25, 0.3) is 5.70 Å². The van der Waals surface area contributed by atoms with Gasteiger partial charge in [-0.15, -0.1) is 11.8 Å². The van der Waals surface area contributed by atoms with E-state index in [1.54, 1.807) is 6.33 Å². The summed E-state index contributed by atoms with van der Waals surface area (Å²) in [5.41, 5.74) is 4.60. The second-order valence-electron chi connectivity index (χ2n) is 5.94. The molecule has 1 unspecified atom stereocenters. The van der Waals surface area contributed by atoms with Crippen molar-refractivity contribution in [1.82, 2.24) is 14.8 Å². The topological polar surface area (TPSA) is 42.7 Å². The van der Waals surface area contributed by atoms with Crippen molar-refractivity contribution in [3.8, 4) is 0 Å². The molecule has 25 heavy (non-hydrogen) atoms. The fourth-order valence-corrected chi connectivity index (χ4v) is 4.75. The zero-order chi connectivity index (χ0) is 17.0. The van der Waals surface area contributed by atoms with Gasteiger partial charge in [-0.2, -0.15) is 10.1 Å². The molecule has 124 valence electrons. The summed E-state index contributed by atoms with van der Waals surface area (Å²) in [6.45, 7) is 0. The third-order valence-corrected chi connectivity index (χ3v) is 6.09. The summed E-state index contributed by atoms with van der Waals surface area (Å²) >= 11 is 14.1. The van der Waals surface area contributed by atoms with Crippen LogP contribution in [0.15, 0.2) is 59.3 Å². The normalized spacial score (nSPS) is 18.2. The van der Waals surface area contributed by atoms with E-state index in [0.717, 1.165) is 38.6 Å². The molecule has 1 aromatic heterocycles. The number of hydrogen-bond donors (Lipinski definition) is 1. The van der Waals surface area contributed by atoms with Gasteiger partial charge in [-0.1, -0.05) is 35.3 Å². The molecule has 1 atom stereocenters. The lowest BCUT2D eigenvalue weighted by atomic mass is 9.94. The van der Waals surface area contributed by atoms with Gasteiger partial charge >= 0.3 is 0 Å². The molecule has 4 nitrogen and oxygen atoms in total. The summed E-state index contributed by atoms with van der Waals surface area (Å²) in [5.74, 6) is 1.61. The highest BCUT2D eigenvalue weighted by atomic mass is 35.5. The largest absolute Gasteiger partial charge is 0.324 e. The minimum Gasteiger partial charge on any atom is -0.324 e. The highest BCUT2D eigenvalue weighted by Gasteiger charge is 2.34. The molecule has 3 aromatic rings. The monoisotopic (exact) mass is 386 g/mol. The maximum Gasteiger partial charge on any atom is 0.226 e. The zero-order valence-electron chi connectivity index (χ0n) is 12.9. The van der Waals surface area contributed by atoms with Gasteiger partial charge in [-0.25, -0.2) is 4.68 Å². The SMILES string of the molecule is Clc1ccc(C2C3=C(Nc4ncnn42)c2cc(Cl)ccc2SC3)cc1. The quantitative estimate of drug-likeness (QED) is 0.630. The van der Waals surface area contributed by atoms with Crippen molar-refractivity contribution in [3.63, 3.8) is 0 Å². The summed E-state index contributed by atoms with van der Waals surface area (Å²) in [7, 11) is 0. The van der Waals surface area contributed by atoms with Crippen LogP contribution in [0, 0.1) is 0 Å². The molecule has 7 heteroatoms. The van der Waals surface area contributed by atoms with Crippen LogP contribution in [0.3, 0.4) is 0 Å². The predicted molar refractivity (Wildman–Crippen MR) is 102 cm³/mol. The molecule has 0 aliphatic carbocycles. The van der Waals surface area contributed by atoms with Crippen molar-refractivity contribution in [3.05, 3.63) is 75.5 Å². The van der Waals surface area contributed by atoms with Gasteiger partial charge in [0.25, 0.3) is 0 Å². The van der Waals surface area contributed by atoms with E-state index in [1.807, 2.05) is 52.8 Å². The van der Waals surface area contributed by atoms with Crippen molar-refractivity contribution in [2.75, 3.05) is 11.1 Å². The van der Waals surface area contributed by atoms with Crippen LogP contribution >= 0.6 is 35.0 Å². The van der Waals surface area contributed by atoms with E-state index in [0.29, 0.717) is 0 Å². The fraction of sp³-hybridized carbons (Fsp3) is 0.111. The number of benzene rings is 2. The first kappa shape index (κ1) is 15.3. The van der Waals surface area contributed by atoms with Gasteiger partial charge in [0.1, 0.15) is 12.4 Å². The van der Waals surface area contributed by atoms with Gasteiger partial charge in [0.05, 0.1) is 5.70 Å². The number of anilines is 1. The van der Waals surface area contributed by atoms with E-state index in [2.05, 4.69) is 21.5 Å². The Labute approximate surface area is 158 Å². The number of thioether (sulfide) groups is 1. The van der Waals surface area contributed by atoms with Crippen molar-refractivity contribution >= 4 is 46.6 Å². The molecular weight excluding hydrogens is 375 g/mol. The van der Waals surface area contributed by atoms with Crippen LogP contribution < -0.4 is 5.32 Å². The van der Waals surface area contributed by atoms with Crippen molar-refractivity contribution in [1.29, 1.82) is 0 Å². The van der Waals surface area contributed by atoms with E-state index in [9.17, 15) is 0 Å². The van der Waals surface area contributed by atoms with Gasteiger partial charge in [0, 0.05) is 26.3 Å². The maximum atomic E-state index is 6.25. The summed E-state index contributed by atoms with van der Waals surface area (Å²) in [6.07, 6.45) is 1.58. The molecule has 2 aliphatic rings. The molecule has 0 bridgehead atoms. The molecule has 3 heterocycles. The van der Waals surface area contributed by atoms with Crippen LogP contribution in [0.1, 0.15) is 17.2 Å². The first-order valence-corrected chi connectivity index (χ1v) is 9.52. The highest BCUT2D eigenvalue weighted by molar-refractivity contribution is 7.99. The van der Waals surface area contributed by atoms with E-state index < -0.39 is 0 Å². The Morgan fingerprint density at radius 3 is 2.72 bits per heavy atom. The number of nitrogens with zero attached hydrogens (tertiary/aromatic N) is 3. The molecule has 2 aromatic carbocycles. The van der Waals surface area contributed by atoms with Gasteiger partial charge in [0.15, 0.2) is 0 Å². The Kier molecular flexibility index (Phi) is 3.55. The second-order valence-corrected chi connectivity index (χ2v) is 7.83. The third kappa shape index (κ3) is 2.46. The van der Waals surface area contributed by atoms with Crippen LogP contribution in [0.2, 0.25) is 10.0 Å². The van der Waals surface area contributed by atoms with Crippen LogP contribution in [0.5, 0.6) is 0 Å². The maximum absolute atomic E-state index is 6.25. The lowest BCUT2D eigenvalue weighted by molar-refractivity contribution is 0.585. The Bertz CT molecular complexity index is 1010. The number of fused-ring (bicyclic) bond motifs is 3. The van der Waals surface area contributed by atoms with Crippen LogP contribution in [-0.2, 0) is 0 Å². The average Bonchev–Trinajstić information content (AvgIpc) is 3.09. The molecule has 0 saturated carbocycles. The number of halogens is 2. The second kappa shape index (κ2) is 5.80. The number of nitrogens with one attached hydrogen (secondary N) is 1. The van der Waals surface area contributed by atoms with Gasteiger partial charge in [-0.3, -0.25) is 0 Å². The molecule has 5 rings (SSSR count). The summed E-state index contributed by atoms with van der Waals surface area (Å²) in [5, 5.41) is 9.34. The molecular formula is C18H12Cl2N4S. The minimum absolute atomic E-state index is 0.00866. The summed E-state index contributed by atoms with van der Waals surface area (Å²) in [4.78, 5) is 5.60. The zero-order valence-corrected chi connectivity index (χ0v) is 15.2. The molecule has 1 N–H and O–H groups in total. The first-order valence-electron chi connectivity index (χ1n) is 7.78. The Morgan fingerprint density at radius 1 is 1.08 bits per heavy atom. The number of aromatic nitrogens is 3. The number of rotatable bonds is 1. The van der Waals surface area contributed by atoms with Gasteiger partial charge in [-0.05, 0) is 41.5 Å². The minimum atomic E-state index is -0.00866. The van der Waals surface area contributed by atoms with Crippen molar-refractivity contribution < 1.29 is 0 Å². The lowest BCUT2D eigenvalue weighted by Crippen LogP contribution is -2.27. The van der Waals surface area contributed by atoms with E-state index in [4.69, 9.17) is 23.2 Å². The van der Waals surface area contributed by atoms with Crippen LogP contribution in [-0.4, -0.2) is 20.5 Å². The summed E-state index contributed by atoms with van der Waals surface area (Å²) in [6, 6.07) is 13.9. The van der Waals surface area contributed by atoms with Gasteiger partial charge < -0.3 is 5.32 Å². The molecule has 0 fully saturated rings. The molecule has 0 saturated heterocycles. The summed E-state index contributed by atoms with van der Waals surface area (Å²) < 4.78 is 1.93. The number of hydrogen-bond acceptors (Lipinski definition) is 4. The lowest BCUT2D eigenvalue weighted by Gasteiger charge is -2.34. The molecule has 0 spiro atoms. The predicted octanol–water partition coefficient (Wildman–Crippen LogP) is 5.12. The van der Waals surface area contributed by atoms with E-state index in [1.165, 1.54) is 10.5 Å². The van der Waals surface area contributed by atoms with Crippen LogP contribution in [0.4, 0.5) is 5.95 Å². The molecule has 0 amide bonds. The Morgan fingerprint density at radius 2 is 1.88 bits per heavy atom. The Hall–Kier alpha value is -1.95. The highest BCUT2D eigenvalue weighted by Crippen LogP contribution is 2.46. The van der Waals surface area contributed by atoms with Crippen molar-refractivity contribution in [2.24, 2.45) is 0 Å².